The summed E-state index contributed by atoms with van der Waals surface area (Å²) in [5, 5.41) is 35.5. The van der Waals surface area contributed by atoms with Crippen molar-refractivity contribution in [3.8, 4) is 0 Å². The molecule has 1 rings (SSSR count). The van der Waals surface area contributed by atoms with Gasteiger partial charge in [0.15, 0.2) is 0 Å². The number of hydrogen-bond donors (Lipinski definition) is 4. The molecule has 0 saturated carbocycles. The number of ether oxygens (including phenoxy) is 1. The molecule has 11 heavy (non-hydrogen) atoms. The Morgan fingerprint density at radius 1 is 1.45 bits per heavy atom. The highest BCUT2D eigenvalue weighted by Gasteiger charge is 2.45. The molecule has 1 fully saturated rings. The summed E-state index contributed by atoms with van der Waals surface area (Å²) >= 11 is 0. The maximum Gasteiger partial charge on any atom is 0.216 e. The van der Waals surface area contributed by atoms with Gasteiger partial charge in [0.25, 0.3) is 0 Å². The van der Waals surface area contributed by atoms with Gasteiger partial charge in [0, 0.05) is 6.42 Å². The molecule has 1 heterocycles. The highest BCUT2D eigenvalue weighted by atomic mass is 16.7. The molecule has 0 bridgehead atoms. The molecule has 1 aliphatic heterocycles. The van der Waals surface area contributed by atoms with E-state index >= 15 is 0 Å². The lowest BCUT2D eigenvalue weighted by atomic mass is 10.1. The van der Waals surface area contributed by atoms with Crippen LogP contribution in [0.4, 0.5) is 0 Å². The van der Waals surface area contributed by atoms with Crippen LogP contribution in [0.15, 0.2) is 0 Å². The Kier molecular flexibility index (Phi) is 2.46. The van der Waals surface area contributed by atoms with Crippen LogP contribution in [0.3, 0.4) is 0 Å². The third kappa shape index (κ3) is 1.52. The molecule has 0 radical (unpaired) electrons. The summed E-state index contributed by atoms with van der Waals surface area (Å²) in [6.07, 6.45) is -1.56. The first-order valence-corrected chi connectivity index (χ1v) is 3.42. The summed E-state index contributed by atoms with van der Waals surface area (Å²) in [5.74, 6) is -1.88. The highest BCUT2D eigenvalue weighted by molar-refractivity contribution is 4.87. The van der Waals surface area contributed by atoms with Crippen LogP contribution >= 0.6 is 0 Å². The van der Waals surface area contributed by atoms with Crippen molar-refractivity contribution in [3.05, 3.63) is 0 Å². The Hall–Kier alpha value is -0.200. The fourth-order valence-electron chi connectivity index (χ4n) is 1.10. The van der Waals surface area contributed by atoms with Crippen molar-refractivity contribution in [2.24, 2.45) is 0 Å². The van der Waals surface area contributed by atoms with E-state index in [1.807, 2.05) is 0 Å². The molecular weight excluding hydrogens is 152 g/mol. The molecular formula is C6H12O5. The standard InChI is InChI=1S/C6H12O5/c7-2-4-1-5(9)6(10,3-8)11-4/h4-5,7-10H,1-3H2/t4-,5+,6?/m1/s1. The second kappa shape index (κ2) is 3.04. The van der Waals surface area contributed by atoms with Crippen molar-refractivity contribution < 1.29 is 25.2 Å². The first-order valence-electron chi connectivity index (χ1n) is 3.42. The summed E-state index contributed by atoms with van der Waals surface area (Å²) in [6.45, 7) is -0.927. The molecule has 5 nitrogen and oxygen atoms in total. The Bertz CT molecular complexity index is 139. The van der Waals surface area contributed by atoms with Gasteiger partial charge in [-0.3, -0.25) is 0 Å². The molecule has 0 aromatic heterocycles. The third-order valence-corrected chi connectivity index (χ3v) is 1.81. The Balaban J connectivity index is 2.57. The zero-order chi connectivity index (χ0) is 8.48. The van der Waals surface area contributed by atoms with E-state index in [0.29, 0.717) is 0 Å². The van der Waals surface area contributed by atoms with Gasteiger partial charge in [-0.15, -0.1) is 0 Å². The van der Waals surface area contributed by atoms with Gasteiger partial charge in [0.1, 0.15) is 6.10 Å². The SMILES string of the molecule is OC[C@H]1C[C@H](O)C(O)(CO)O1. The van der Waals surface area contributed by atoms with E-state index in [4.69, 9.17) is 20.1 Å². The van der Waals surface area contributed by atoms with Crippen LogP contribution < -0.4 is 0 Å². The molecule has 0 aliphatic carbocycles. The molecule has 0 spiro atoms. The van der Waals surface area contributed by atoms with E-state index in [-0.39, 0.29) is 13.0 Å². The molecule has 1 aliphatic rings. The summed E-state index contributed by atoms with van der Waals surface area (Å²) in [5.41, 5.74) is 0. The number of rotatable bonds is 2. The minimum absolute atomic E-state index is 0.146. The van der Waals surface area contributed by atoms with E-state index in [1.54, 1.807) is 0 Å². The molecule has 0 aromatic carbocycles. The van der Waals surface area contributed by atoms with Crippen LogP contribution in [0.1, 0.15) is 6.42 Å². The lowest BCUT2D eigenvalue weighted by Crippen LogP contribution is -2.43. The van der Waals surface area contributed by atoms with Gasteiger partial charge in [-0.05, 0) is 0 Å². The second-order valence-electron chi connectivity index (χ2n) is 2.68. The Morgan fingerprint density at radius 3 is 2.36 bits per heavy atom. The van der Waals surface area contributed by atoms with Crippen molar-refractivity contribution in [1.29, 1.82) is 0 Å². The first-order chi connectivity index (χ1) is 5.12. The van der Waals surface area contributed by atoms with Gasteiger partial charge in [-0.25, -0.2) is 0 Å². The zero-order valence-electron chi connectivity index (χ0n) is 5.97. The third-order valence-electron chi connectivity index (χ3n) is 1.81. The van der Waals surface area contributed by atoms with Crippen LogP contribution in [-0.2, 0) is 4.74 Å². The van der Waals surface area contributed by atoms with Gasteiger partial charge in [0.05, 0.1) is 19.3 Å². The largest absolute Gasteiger partial charge is 0.394 e. The maximum absolute atomic E-state index is 9.24. The summed E-state index contributed by atoms with van der Waals surface area (Å²) in [6, 6.07) is 0. The molecule has 0 aromatic rings. The minimum Gasteiger partial charge on any atom is -0.394 e. The van der Waals surface area contributed by atoms with Crippen molar-refractivity contribution in [3.63, 3.8) is 0 Å². The molecule has 3 atom stereocenters. The highest BCUT2D eigenvalue weighted by Crippen LogP contribution is 2.27. The predicted molar refractivity (Wildman–Crippen MR) is 34.6 cm³/mol. The topological polar surface area (TPSA) is 90.2 Å². The molecule has 1 saturated heterocycles. The Labute approximate surface area is 63.8 Å². The van der Waals surface area contributed by atoms with Crippen molar-refractivity contribution in [2.75, 3.05) is 13.2 Å². The molecule has 1 unspecified atom stereocenters. The number of aliphatic hydroxyl groups is 4. The lowest BCUT2D eigenvalue weighted by Gasteiger charge is -2.22. The minimum atomic E-state index is -1.88. The summed E-state index contributed by atoms with van der Waals surface area (Å²) < 4.78 is 4.77. The molecule has 66 valence electrons. The van der Waals surface area contributed by atoms with Crippen molar-refractivity contribution >= 4 is 0 Å². The van der Waals surface area contributed by atoms with Crippen LogP contribution in [0.5, 0.6) is 0 Å². The van der Waals surface area contributed by atoms with E-state index in [9.17, 15) is 5.11 Å². The van der Waals surface area contributed by atoms with Crippen LogP contribution in [0.2, 0.25) is 0 Å². The molecule has 4 N–H and O–H groups in total. The van der Waals surface area contributed by atoms with Crippen molar-refractivity contribution in [2.45, 2.75) is 24.4 Å². The summed E-state index contributed by atoms with van der Waals surface area (Å²) in [4.78, 5) is 0. The van der Waals surface area contributed by atoms with E-state index in [1.165, 1.54) is 0 Å². The van der Waals surface area contributed by atoms with Crippen molar-refractivity contribution in [1.82, 2.24) is 0 Å². The van der Waals surface area contributed by atoms with Gasteiger partial charge in [-0.2, -0.15) is 0 Å². The fourth-order valence-corrected chi connectivity index (χ4v) is 1.10. The maximum atomic E-state index is 9.24. The van der Waals surface area contributed by atoms with E-state index in [2.05, 4.69) is 0 Å². The van der Waals surface area contributed by atoms with E-state index < -0.39 is 24.6 Å². The Morgan fingerprint density at radius 2 is 2.09 bits per heavy atom. The molecule has 0 amide bonds. The van der Waals surface area contributed by atoms with Gasteiger partial charge in [0.2, 0.25) is 5.79 Å². The average Bonchev–Trinajstić information content (AvgIpc) is 2.29. The van der Waals surface area contributed by atoms with Gasteiger partial charge < -0.3 is 25.2 Å². The van der Waals surface area contributed by atoms with Gasteiger partial charge in [-0.1, -0.05) is 0 Å². The quantitative estimate of drug-likeness (QED) is 0.372. The van der Waals surface area contributed by atoms with Crippen LogP contribution in [-0.4, -0.2) is 51.6 Å². The fraction of sp³-hybridized carbons (Fsp3) is 1.00. The smallest absolute Gasteiger partial charge is 0.216 e. The number of aliphatic hydroxyl groups excluding tert-OH is 3. The number of hydrogen-bond acceptors (Lipinski definition) is 5. The normalized spacial score (nSPS) is 44.7. The van der Waals surface area contributed by atoms with Crippen LogP contribution in [0.25, 0.3) is 0 Å². The monoisotopic (exact) mass is 164 g/mol. The molecule has 5 heteroatoms. The second-order valence-corrected chi connectivity index (χ2v) is 2.68. The average molecular weight is 164 g/mol. The predicted octanol–water partition coefficient (Wildman–Crippen LogP) is -2.19. The van der Waals surface area contributed by atoms with Gasteiger partial charge >= 0.3 is 0 Å². The lowest BCUT2D eigenvalue weighted by molar-refractivity contribution is -0.247. The first kappa shape index (κ1) is 8.89. The zero-order valence-corrected chi connectivity index (χ0v) is 5.97. The van der Waals surface area contributed by atoms with Crippen LogP contribution in [0, 0.1) is 0 Å². The van der Waals surface area contributed by atoms with E-state index in [0.717, 1.165) is 0 Å². The summed E-state index contributed by atoms with van der Waals surface area (Å²) in [7, 11) is 0.